The highest BCUT2D eigenvalue weighted by Gasteiger charge is 2.30. The molecule has 0 radical (unpaired) electrons. The van der Waals surface area contributed by atoms with Gasteiger partial charge in [-0.2, -0.15) is 0 Å². The summed E-state index contributed by atoms with van der Waals surface area (Å²) < 4.78 is 5.55. The van der Waals surface area contributed by atoms with Crippen LogP contribution in [0.2, 0.25) is 0 Å². The number of piperidine rings is 1. The number of fused-ring (bicyclic) bond motifs is 1. The van der Waals surface area contributed by atoms with Crippen LogP contribution in [0.4, 0.5) is 4.79 Å². The van der Waals surface area contributed by atoms with E-state index in [9.17, 15) is 9.59 Å². The van der Waals surface area contributed by atoms with E-state index >= 15 is 0 Å². The number of hydrogen-bond donors (Lipinski definition) is 2. The molecule has 1 aliphatic heterocycles. The van der Waals surface area contributed by atoms with Crippen LogP contribution in [0.3, 0.4) is 0 Å². The number of benzene rings is 1. The molecule has 3 N–H and O–H groups in total. The van der Waals surface area contributed by atoms with E-state index < -0.39 is 11.5 Å². The van der Waals surface area contributed by atoms with E-state index in [1.807, 2.05) is 33.8 Å². The second-order valence-corrected chi connectivity index (χ2v) is 8.46. The van der Waals surface area contributed by atoms with E-state index in [4.69, 9.17) is 10.5 Å². The Morgan fingerprint density at radius 3 is 2.59 bits per heavy atom. The summed E-state index contributed by atoms with van der Waals surface area (Å²) in [6, 6.07) is 3.79. The molecule has 1 fully saturated rings. The first-order chi connectivity index (χ1) is 12.6. The number of nitrogens with two attached hydrogens (primary N) is 1. The Hall–Kier alpha value is -2.50. The minimum atomic E-state index is -0.505. The predicted molar refractivity (Wildman–Crippen MR) is 106 cm³/mol. The average molecular weight is 371 g/mol. The van der Waals surface area contributed by atoms with Crippen LogP contribution >= 0.6 is 0 Å². The lowest BCUT2D eigenvalue weighted by molar-refractivity contribution is 0.0198. The Morgan fingerprint density at radius 1 is 1.26 bits per heavy atom. The maximum absolute atomic E-state index is 12.5. The average Bonchev–Trinajstić information content (AvgIpc) is 2.88. The third-order valence-electron chi connectivity index (χ3n) is 5.27. The van der Waals surface area contributed by atoms with Crippen LogP contribution in [-0.2, 0) is 4.74 Å². The summed E-state index contributed by atoms with van der Waals surface area (Å²) in [6.07, 6.45) is 1.65. The summed E-state index contributed by atoms with van der Waals surface area (Å²) in [5.41, 5.74) is 9.66. The van der Waals surface area contributed by atoms with Crippen molar-refractivity contribution < 1.29 is 14.3 Å². The normalized spacial score (nSPS) is 18.0. The van der Waals surface area contributed by atoms with Crippen LogP contribution in [-0.4, -0.2) is 40.6 Å². The molecule has 0 saturated carbocycles. The molecular formula is C21H29N3O3. The van der Waals surface area contributed by atoms with E-state index in [1.54, 1.807) is 11.0 Å². The van der Waals surface area contributed by atoms with Gasteiger partial charge in [0.15, 0.2) is 0 Å². The summed E-state index contributed by atoms with van der Waals surface area (Å²) in [6.45, 7) is 11.0. The van der Waals surface area contributed by atoms with Gasteiger partial charge < -0.3 is 20.4 Å². The Labute approximate surface area is 160 Å². The second kappa shape index (κ2) is 6.91. The first kappa shape index (κ1) is 19.3. The standard InChI is InChI=1S/C21H29N3O3/c1-12-13(2)23-18-16(19(22)25)9-8-15(17(12)18)14-7-6-10-24(11-14)20(26)27-21(3,4)5/h8-9,14,23H,6-7,10-11H2,1-5H3,(H2,22,25)/t14-/m0/s1. The first-order valence-corrected chi connectivity index (χ1v) is 9.48. The van der Waals surface area contributed by atoms with Gasteiger partial charge in [0.1, 0.15) is 5.60 Å². The van der Waals surface area contributed by atoms with Crippen molar-refractivity contribution in [1.29, 1.82) is 0 Å². The minimum Gasteiger partial charge on any atom is -0.444 e. The Morgan fingerprint density at radius 2 is 1.96 bits per heavy atom. The van der Waals surface area contributed by atoms with Crippen molar-refractivity contribution >= 4 is 22.9 Å². The molecule has 1 aliphatic rings. The predicted octanol–water partition coefficient (Wildman–Crippen LogP) is 4.00. The summed E-state index contributed by atoms with van der Waals surface area (Å²) in [5, 5.41) is 1.06. The van der Waals surface area contributed by atoms with Gasteiger partial charge in [0.25, 0.3) is 5.91 Å². The molecule has 1 aromatic carbocycles. The second-order valence-electron chi connectivity index (χ2n) is 8.46. The van der Waals surface area contributed by atoms with Crippen molar-refractivity contribution in [1.82, 2.24) is 9.88 Å². The molecule has 1 aromatic heterocycles. The fraction of sp³-hybridized carbons (Fsp3) is 0.524. The van der Waals surface area contributed by atoms with Crippen molar-refractivity contribution in [2.75, 3.05) is 13.1 Å². The largest absolute Gasteiger partial charge is 0.444 e. The van der Waals surface area contributed by atoms with Gasteiger partial charge in [-0.1, -0.05) is 6.07 Å². The zero-order chi connectivity index (χ0) is 19.9. The van der Waals surface area contributed by atoms with Gasteiger partial charge in [-0.05, 0) is 64.7 Å². The van der Waals surface area contributed by atoms with Gasteiger partial charge in [-0.15, -0.1) is 0 Å². The molecule has 0 unspecified atom stereocenters. The molecule has 0 aliphatic carbocycles. The summed E-state index contributed by atoms with van der Waals surface area (Å²) in [4.78, 5) is 29.4. The molecule has 3 rings (SSSR count). The van der Waals surface area contributed by atoms with Gasteiger partial charge in [0.05, 0.1) is 11.1 Å². The van der Waals surface area contributed by atoms with Crippen LogP contribution < -0.4 is 5.73 Å². The van der Waals surface area contributed by atoms with Gasteiger partial charge in [0, 0.05) is 30.1 Å². The molecule has 6 nitrogen and oxygen atoms in total. The molecule has 146 valence electrons. The highest BCUT2D eigenvalue weighted by Crippen LogP contribution is 2.36. The van der Waals surface area contributed by atoms with E-state index in [0.717, 1.165) is 40.6 Å². The highest BCUT2D eigenvalue weighted by molar-refractivity contribution is 6.07. The Balaban J connectivity index is 1.96. The van der Waals surface area contributed by atoms with Crippen LogP contribution in [0.5, 0.6) is 0 Å². The molecule has 27 heavy (non-hydrogen) atoms. The smallest absolute Gasteiger partial charge is 0.410 e. The maximum Gasteiger partial charge on any atom is 0.410 e. The van der Waals surface area contributed by atoms with E-state index in [1.165, 1.54) is 0 Å². The number of nitrogens with zero attached hydrogens (tertiary/aromatic N) is 1. The number of ether oxygens (including phenoxy) is 1. The van der Waals surface area contributed by atoms with Gasteiger partial charge >= 0.3 is 6.09 Å². The quantitative estimate of drug-likeness (QED) is 0.836. The number of aromatic nitrogens is 1. The molecule has 2 amide bonds. The fourth-order valence-electron chi connectivity index (χ4n) is 3.89. The summed E-state index contributed by atoms with van der Waals surface area (Å²) in [7, 11) is 0. The number of primary amides is 1. The first-order valence-electron chi connectivity index (χ1n) is 9.48. The van der Waals surface area contributed by atoms with Gasteiger partial charge in [-0.3, -0.25) is 4.79 Å². The van der Waals surface area contributed by atoms with E-state index in [-0.39, 0.29) is 12.0 Å². The number of amides is 2. The number of aromatic amines is 1. The number of carbonyl (C=O) groups excluding carboxylic acids is 2. The van der Waals surface area contributed by atoms with Crippen molar-refractivity contribution in [3.63, 3.8) is 0 Å². The lowest BCUT2D eigenvalue weighted by Crippen LogP contribution is -2.42. The number of H-pyrrole nitrogens is 1. The molecule has 0 spiro atoms. The Bertz CT molecular complexity index is 892. The molecule has 6 heteroatoms. The molecule has 1 atom stereocenters. The van der Waals surface area contributed by atoms with Crippen LogP contribution in [0.15, 0.2) is 12.1 Å². The number of rotatable bonds is 2. The highest BCUT2D eigenvalue weighted by atomic mass is 16.6. The van der Waals surface area contributed by atoms with Crippen LogP contribution in [0.25, 0.3) is 10.9 Å². The fourth-order valence-corrected chi connectivity index (χ4v) is 3.89. The molecule has 0 bridgehead atoms. The molecule has 2 aromatic rings. The summed E-state index contributed by atoms with van der Waals surface area (Å²) >= 11 is 0. The van der Waals surface area contributed by atoms with Crippen LogP contribution in [0, 0.1) is 13.8 Å². The summed E-state index contributed by atoms with van der Waals surface area (Å²) in [5.74, 6) is -0.239. The number of hydrogen-bond acceptors (Lipinski definition) is 3. The van der Waals surface area contributed by atoms with Gasteiger partial charge in [-0.25, -0.2) is 4.79 Å². The lowest BCUT2D eigenvalue weighted by atomic mass is 9.86. The third-order valence-corrected chi connectivity index (χ3v) is 5.27. The third kappa shape index (κ3) is 3.80. The van der Waals surface area contributed by atoms with Crippen molar-refractivity contribution in [3.8, 4) is 0 Å². The number of aryl methyl sites for hydroxylation is 2. The lowest BCUT2D eigenvalue weighted by Gasteiger charge is -2.34. The van der Waals surface area contributed by atoms with E-state index in [0.29, 0.717) is 18.7 Å². The van der Waals surface area contributed by atoms with Gasteiger partial charge in [0.2, 0.25) is 0 Å². The minimum absolute atomic E-state index is 0.199. The number of likely N-dealkylation sites (tertiary alicyclic amines) is 1. The SMILES string of the molecule is Cc1[nH]c2c(C(N)=O)ccc([C@H]3CCCN(C(=O)OC(C)(C)C)C3)c2c1C. The topological polar surface area (TPSA) is 88.4 Å². The van der Waals surface area contributed by atoms with Crippen molar-refractivity contribution in [2.24, 2.45) is 5.73 Å². The van der Waals surface area contributed by atoms with Crippen LogP contribution in [0.1, 0.15) is 66.7 Å². The zero-order valence-corrected chi connectivity index (χ0v) is 16.8. The van der Waals surface area contributed by atoms with E-state index in [2.05, 4.69) is 11.9 Å². The Kier molecular flexibility index (Phi) is 4.93. The molecule has 1 saturated heterocycles. The van der Waals surface area contributed by atoms with Crippen molar-refractivity contribution in [3.05, 3.63) is 34.5 Å². The molecule has 2 heterocycles. The number of nitrogens with one attached hydrogen (secondary N) is 1. The monoisotopic (exact) mass is 371 g/mol. The molecular weight excluding hydrogens is 342 g/mol. The number of carbonyl (C=O) groups is 2. The zero-order valence-electron chi connectivity index (χ0n) is 16.8. The maximum atomic E-state index is 12.5. The van der Waals surface area contributed by atoms with Crippen molar-refractivity contribution in [2.45, 2.75) is 59.0 Å².